The zero-order valence-corrected chi connectivity index (χ0v) is 21.0. The second-order valence-corrected chi connectivity index (χ2v) is 9.73. The van der Waals surface area contributed by atoms with Gasteiger partial charge < -0.3 is 14.8 Å². The monoisotopic (exact) mass is 510 g/mol. The number of piperazine rings is 1. The van der Waals surface area contributed by atoms with Crippen LogP contribution in [0.25, 0.3) is 33.2 Å². The molecule has 5 nitrogen and oxygen atoms in total. The largest absolute Gasteiger partial charge is 0.366 e. The first-order chi connectivity index (χ1) is 18.6. The van der Waals surface area contributed by atoms with E-state index in [1.54, 1.807) is 24.3 Å². The average molecular weight is 511 g/mol. The topological polar surface area (TPSA) is 52.2 Å². The van der Waals surface area contributed by atoms with Gasteiger partial charge in [-0.1, -0.05) is 36.4 Å². The molecular formula is C31H28F2N4O. The van der Waals surface area contributed by atoms with Gasteiger partial charge in [0.1, 0.15) is 11.6 Å². The maximum atomic E-state index is 14.2. The minimum Gasteiger partial charge on any atom is -0.366 e. The summed E-state index contributed by atoms with van der Waals surface area (Å²) in [6, 6.07) is 23.5. The summed E-state index contributed by atoms with van der Waals surface area (Å²) < 4.78 is 28.3. The highest BCUT2D eigenvalue weighted by molar-refractivity contribution is 5.91. The van der Waals surface area contributed by atoms with Gasteiger partial charge in [-0.25, -0.2) is 13.8 Å². The molecule has 0 atom stereocenters. The zero-order valence-electron chi connectivity index (χ0n) is 21.0. The molecule has 3 aromatic carbocycles. The van der Waals surface area contributed by atoms with Crippen LogP contribution in [0.3, 0.4) is 0 Å². The molecule has 2 aromatic heterocycles. The number of aromatic nitrogens is 2. The summed E-state index contributed by atoms with van der Waals surface area (Å²) in [5.41, 5.74) is 4.96. The Morgan fingerprint density at radius 2 is 1.68 bits per heavy atom. The van der Waals surface area contributed by atoms with Gasteiger partial charge in [0.05, 0.1) is 22.6 Å². The number of anilines is 1. The smallest absolute Gasteiger partial charge is 0.222 e. The summed E-state index contributed by atoms with van der Waals surface area (Å²) in [5, 5.41) is 1.88. The number of carbonyl (C=O) groups excluding carboxylic acids is 1. The maximum absolute atomic E-state index is 14.2. The number of rotatable bonds is 6. The standard InChI is InChI=1S/C31H28F2N4O/c32-22-13-15-27-24(20-22)23(31(35-27)28-14-12-21-6-1-3-9-26(21)34-28)7-5-11-30(38)37-18-16-36(17-19-37)29-10-4-2-8-25(29)33/h1-4,6,8-10,12-15,20,35H,5,7,11,16-19H2. The molecule has 1 aliphatic heterocycles. The van der Waals surface area contributed by atoms with Gasteiger partial charge in [0, 0.05) is 48.9 Å². The summed E-state index contributed by atoms with van der Waals surface area (Å²) in [5.74, 6) is -0.437. The molecule has 0 radical (unpaired) electrons. The molecular weight excluding hydrogens is 482 g/mol. The molecule has 0 spiro atoms. The van der Waals surface area contributed by atoms with E-state index in [9.17, 15) is 13.6 Å². The van der Waals surface area contributed by atoms with E-state index >= 15 is 0 Å². The number of hydrogen-bond donors (Lipinski definition) is 1. The van der Waals surface area contributed by atoms with Gasteiger partial charge >= 0.3 is 0 Å². The van der Waals surface area contributed by atoms with E-state index in [2.05, 4.69) is 4.98 Å². The Morgan fingerprint density at radius 1 is 0.895 bits per heavy atom. The first-order valence-electron chi connectivity index (χ1n) is 13.0. The second kappa shape index (κ2) is 10.2. The molecule has 0 bridgehead atoms. The first kappa shape index (κ1) is 24.1. The highest BCUT2D eigenvalue weighted by atomic mass is 19.1. The molecule has 0 aliphatic carbocycles. The van der Waals surface area contributed by atoms with Gasteiger partial charge in [0.25, 0.3) is 0 Å². The van der Waals surface area contributed by atoms with Crippen molar-refractivity contribution in [2.24, 2.45) is 0 Å². The van der Waals surface area contributed by atoms with Gasteiger partial charge in [0.2, 0.25) is 5.91 Å². The lowest BCUT2D eigenvalue weighted by atomic mass is 10.0. The van der Waals surface area contributed by atoms with Crippen molar-refractivity contribution in [2.75, 3.05) is 31.1 Å². The van der Waals surface area contributed by atoms with Gasteiger partial charge in [0.15, 0.2) is 0 Å². The van der Waals surface area contributed by atoms with Crippen LogP contribution >= 0.6 is 0 Å². The number of aryl methyl sites for hydroxylation is 1. The second-order valence-electron chi connectivity index (χ2n) is 9.73. The van der Waals surface area contributed by atoms with Crippen LogP contribution in [-0.2, 0) is 11.2 Å². The van der Waals surface area contributed by atoms with Crippen molar-refractivity contribution in [3.05, 3.63) is 96.1 Å². The van der Waals surface area contributed by atoms with E-state index in [1.807, 2.05) is 52.3 Å². The molecule has 1 amide bonds. The van der Waals surface area contributed by atoms with E-state index in [1.165, 1.54) is 12.1 Å². The van der Waals surface area contributed by atoms with Gasteiger partial charge in [-0.15, -0.1) is 0 Å². The number of para-hydroxylation sites is 2. The van der Waals surface area contributed by atoms with Crippen LogP contribution in [0.2, 0.25) is 0 Å². The minimum atomic E-state index is -0.292. The van der Waals surface area contributed by atoms with Crippen molar-refractivity contribution in [1.29, 1.82) is 0 Å². The molecule has 1 fully saturated rings. The third-order valence-corrected chi connectivity index (χ3v) is 7.37. The molecule has 1 aliphatic rings. The fourth-order valence-corrected chi connectivity index (χ4v) is 5.38. The first-order valence-corrected chi connectivity index (χ1v) is 13.0. The molecule has 38 heavy (non-hydrogen) atoms. The number of carbonyl (C=O) groups is 1. The lowest BCUT2D eigenvalue weighted by Crippen LogP contribution is -2.49. The Morgan fingerprint density at radius 3 is 2.53 bits per heavy atom. The van der Waals surface area contributed by atoms with Gasteiger partial charge in [-0.3, -0.25) is 4.79 Å². The SMILES string of the molecule is O=C(CCCc1c(-c2ccc3ccccc3n2)[nH]c2ccc(F)cc12)N1CCN(c2ccccc2F)CC1. The third-order valence-electron chi connectivity index (χ3n) is 7.37. The number of nitrogens with zero attached hydrogens (tertiary/aromatic N) is 3. The Bertz CT molecular complexity index is 1620. The van der Waals surface area contributed by atoms with E-state index in [-0.39, 0.29) is 17.5 Å². The number of benzene rings is 3. The number of pyridine rings is 1. The van der Waals surface area contributed by atoms with Crippen molar-refractivity contribution in [3.8, 4) is 11.4 Å². The molecule has 0 unspecified atom stereocenters. The molecule has 3 heterocycles. The highest BCUT2D eigenvalue weighted by Crippen LogP contribution is 2.32. The van der Waals surface area contributed by atoms with E-state index in [4.69, 9.17) is 4.98 Å². The molecule has 0 saturated carbocycles. The quantitative estimate of drug-likeness (QED) is 0.290. The van der Waals surface area contributed by atoms with Crippen molar-refractivity contribution in [1.82, 2.24) is 14.9 Å². The Labute approximate surface area is 219 Å². The summed E-state index contributed by atoms with van der Waals surface area (Å²) in [6.45, 7) is 2.34. The zero-order chi connectivity index (χ0) is 26.1. The fourth-order valence-electron chi connectivity index (χ4n) is 5.38. The van der Waals surface area contributed by atoms with Crippen LogP contribution in [0.4, 0.5) is 14.5 Å². The molecule has 1 N–H and O–H groups in total. The lowest BCUT2D eigenvalue weighted by molar-refractivity contribution is -0.131. The Kier molecular flexibility index (Phi) is 6.50. The fraction of sp³-hybridized carbons (Fsp3) is 0.226. The van der Waals surface area contributed by atoms with E-state index in [0.29, 0.717) is 51.1 Å². The predicted octanol–water partition coefficient (Wildman–Crippen LogP) is 6.33. The molecule has 192 valence electrons. The Hall–Kier alpha value is -4.26. The maximum Gasteiger partial charge on any atom is 0.222 e. The number of aromatic amines is 1. The third kappa shape index (κ3) is 4.72. The van der Waals surface area contributed by atoms with Crippen LogP contribution in [-0.4, -0.2) is 47.0 Å². The van der Waals surface area contributed by atoms with Crippen LogP contribution in [0, 0.1) is 11.6 Å². The van der Waals surface area contributed by atoms with Crippen molar-refractivity contribution in [2.45, 2.75) is 19.3 Å². The highest BCUT2D eigenvalue weighted by Gasteiger charge is 2.23. The van der Waals surface area contributed by atoms with Crippen molar-refractivity contribution >= 4 is 33.4 Å². The molecule has 5 aromatic rings. The normalized spacial score (nSPS) is 13.9. The summed E-state index contributed by atoms with van der Waals surface area (Å²) in [7, 11) is 0. The Balaban J connectivity index is 1.16. The van der Waals surface area contributed by atoms with E-state index in [0.717, 1.165) is 38.8 Å². The number of halogens is 2. The number of hydrogen-bond acceptors (Lipinski definition) is 3. The molecule has 7 heteroatoms. The van der Waals surface area contributed by atoms with Crippen molar-refractivity contribution < 1.29 is 13.6 Å². The summed E-state index contributed by atoms with van der Waals surface area (Å²) in [6.07, 6.45) is 1.65. The number of fused-ring (bicyclic) bond motifs is 2. The molecule has 1 saturated heterocycles. The van der Waals surface area contributed by atoms with Gasteiger partial charge in [-0.05, 0) is 60.9 Å². The van der Waals surface area contributed by atoms with Crippen molar-refractivity contribution in [3.63, 3.8) is 0 Å². The van der Waals surface area contributed by atoms with Gasteiger partial charge in [-0.2, -0.15) is 0 Å². The lowest BCUT2D eigenvalue weighted by Gasteiger charge is -2.36. The summed E-state index contributed by atoms with van der Waals surface area (Å²) >= 11 is 0. The number of H-pyrrole nitrogens is 1. The van der Waals surface area contributed by atoms with Crippen LogP contribution in [0.1, 0.15) is 18.4 Å². The minimum absolute atomic E-state index is 0.0922. The molecule has 6 rings (SSSR count). The predicted molar refractivity (Wildman–Crippen MR) is 147 cm³/mol. The van der Waals surface area contributed by atoms with Crippen LogP contribution in [0.15, 0.2) is 78.9 Å². The number of amides is 1. The van der Waals surface area contributed by atoms with Crippen LogP contribution < -0.4 is 4.90 Å². The number of nitrogens with one attached hydrogen (secondary N) is 1. The average Bonchev–Trinajstić information content (AvgIpc) is 3.30. The van der Waals surface area contributed by atoms with E-state index < -0.39 is 0 Å². The summed E-state index contributed by atoms with van der Waals surface area (Å²) in [4.78, 5) is 25.1. The van der Waals surface area contributed by atoms with Crippen LogP contribution in [0.5, 0.6) is 0 Å².